The van der Waals surface area contributed by atoms with Crippen LogP contribution < -0.4 is 0 Å². The van der Waals surface area contributed by atoms with Gasteiger partial charge in [-0.1, -0.05) is 0 Å². The van der Waals surface area contributed by atoms with Crippen LogP contribution in [-0.2, 0) is 13.6 Å². The van der Waals surface area contributed by atoms with Crippen LogP contribution in [0.3, 0.4) is 0 Å². The molecule has 0 radical (unpaired) electrons. The summed E-state index contributed by atoms with van der Waals surface area (Å²) >= 11 is 0. The molecule has 0 heterocycles. The van der Waals surface area contributed by atoms with Gasteiger partial charge >= 0.3 is 7.60 Å². The molecule has 0 unspecified atom stereocenters. The van der Waals surface area contributed by atoms with E-state index in [1.165, 1.54) is 14.2 Å². The second kappa shape index (κ2) is 3.67. The first-order valence-electron chi connectivity index (χ1n) is 2.21. The molecule has 0 spiro atoms. The Morgan fingerprint density at radius 3 is 2.00 bits per heavy atom. The Labute approximate surface area is 53.6 Å². The van der Waals surface area contributed by atoms with Gasteiger partial charge in [-0.05, 0) is 0 Å². The predicted molar refractivity (Wildman–Crippen MR) is 33.4 cm³/mol. The van der Waals surface area contributed by atoms with Crippen molar-refractivity contribution in [3.63, 3.8) is 0 Å². The van der Waals surface area contributed by atoms with Gasteiger partial charge in [-0.15, -0.1) is 0 Å². The summed E-state index contributed by atoms with van der Waals surface area (Å²) in [5.74, 6) is 0.965. The lowest BCUT2D eigenvalue weighted by Gasteiger charge is -2.05. The fraction of sp³-hybridized carbons (Fsp3) is 0.500. The molecule has 0 amide bonds. The highest BCUT2D eigenvalue weighted by Crippen LogP contribution is 2.47. The molecular weight excluding hydrogens is 143 g/mol. The van der Waals surface area contributed by atoms with Gasteiger partial charge in [-0.25, -0.2) is 0 Å². The summed E-state index contributed by atoms with van der Waals surface area (Å²) in [4.78, 5) is 0. The number of hydrogen-bond acceptors (Lipinski definition) is 4. The van der Waals surface area contributed by atoms with Crippen molar-refractivity contribution in [2.45, 2.75) is 0 Å². The largest absolute Gasteiger partial charge is 0.515 e. The van der Waals surface area contributed by atoms with Crippen molar-refractivity contribution in [1.82, 2.24) is 0 Å². The molecule has 0 saturated carbocycles. The van der Waals surface area contributed by atoms with Crippen molar-refractivity contribution in [2.24, 2.45) is 0 Å². The molecular formula is C4H9O4P. The Kier molecular flexibility index (Phi) is 3.54. The molecule has 0 aromatic heterocycles. The first kappa shape index (κ1) is 8.69. The number of rotatable bonds is 3. The lowest BCUT2D eigenvalue weighted by molar-refractivity contribution is 0.285. The van der Waals surface area contributed by atoms with Crippen LogP contribution in [0.2, 0.25) is 0 Å². The molecule has 1 N–H and O–H groups in total. The highest BCUT2D eigenvalue weighted by atomic mass is 31.2. The van der Waals surface area contributed by atoms with E-state index in [1.54, 1.807) is 0 Å². The van der Waals surface area contributed by atoms with Crippen LogP contribution in [0.4, 0.5) is 0 Å². The van der Waals surface area contributed by atoms with Gasteiger partial charge in [-0.2, -0.15) is 0 Å². The Morgan fingerprint density at radius 1 is 1.44 bits per heavy atom. The molecule has 0 saturated heterocycles. The third-order valence-corrected chi connectivity index (χ3v) is 2.27. The summed E-state index contributed by atoms with van der Waals surface area (Å²) in [7, 11) is -0.631. The van der Waals surface area contributed by atoms with E-state index in [0.717, 1.165) is 5.82 Å². The molecule has 0 aromatic rings. The molecule has 0 aromatic carbocycles. The molecule has 54 valence electrons. The van der Waals surface area contributed by atoms with Crippen LogP contribution in [0.25, 0.3) is 0 Å². The minimum absolute atomic E-state index is 0.633. The number of aliphatic hydroxyl groups is 1. The fourth-order valence-corrected chi connectivity index (χ4v) is 0.834. The molecule has 0 atom stereocenters. The number of hydrogen-bond donors (Lipinski definition) is 1. The van der Waals surface area contributed by atoms with Gasteiger partial charge in [0, 0.05) is 14.2 Å². The standard InChI is InChI=1S/C4H9O4P/c1-7-9(6,8-2)4-3-5/h3-5H,1-2H3. The third-order valence-electron chi connectivity index (χ3n) is 0.758. The van der Waals surface area contributed by atoms with Crippen LogP contribution in [0.5, 0.6) is 0 Å². The van der Waals surface area contributed by atoms with Crippen molar-refractivity contribution >= 4 is 7.60 Å². The zero-order chi connectivity index (χ0) is 7.33. The maximum absolute atomic E-state index is 10.9. The molecule has 0 bridgehead atoms. The van der Waals surface area contributed by atoms with Gasteiger partial charge in [-0.3, -0.25) is 4.57 Å². The first-order valence-corrected chi connectivity index (χ1v) is 3.83. The minimum atomic E-state index is -3.11. The van der Waals surface area contributed by atoms with Gasteiger partial charge in [0.25, 0.3) is 0 Å². The highest BCUT2D eigenvalue weighted by molar-refractivity contribution is 7.57. The first-order chi connectivity index (χ1) is 4.18. The van der Waals surface area contributed by atoms with Gasteiger partial charge in [0.1, 0.15) is 0 Å². The van der Waals surface area contributed by atoms with Crippen LogP contribution in [0.1, 0.15) is 0 Å². The van der Waals surface area contributed by atoms with Crippen molar-refractivity contribution in [2.75, 3.05) is 14.2 Å². The number of aliphatic hydroxyl groups excluding tert-OH is 1. The summed E-state index contributed by atoms with van der Waals surface area (Å²) < 4.78 is 19.7. The zero-order valence-electron chi connectivity index (χ0n) is 5.27. The van der Waals surface area contributed by atoms with Crippen molar-refractivity contribution in [1.29, 1.82) is 0 Å². The van der Waals surface area contributed by atoms with Crippen LogP contribution in [0.15, 0.2) is 12.1 Å². The van der Waals surface area contributed by atoms with E-state index in [-0.39, 0.29) is 0 Å². The topological polar surface area (TPSA) is 55.8 Å². The van der Waals surface area contributed by atoms with Crippen molar-refractivity contribution < 1.29 is 18.7 Å². The van der Waals surface area contributed by atoms with E-state index in [4.69, 9.17) is 5.11 Å². The molecule has 0 aliphatic heterocycles. The van der Waals surface area contributed by atoms with Gasteiger partial charge < -0.3 is 14.2 Å². The van der Waals surface area contributed by atoms with Gasteiger partial charge in [0.15, 0.2) is 0 Å². The quantitative estimate of drug-likeness (QED) is 0.491. The summed E-state index contributed by atoms with van der Waals surface area (Å²) in [5.41, 5.74) is 0. The Bertz CT molecular complexity index is 134. The minimum Gasteiger partial charge on any atom is -0.515 e. The summed E-state index contributed by atoms with van der Waals surface area (Å²) in [6.45, 7) is 0. The Balaban J connectivity index is 4.11. The normalized spacial score (nSPS) is 12.7. The molecule has 4 nitrogen and oxygen atoms in total. The monoisotopic (exact) mass is 152 g/mol. The van der Waals surface area contributed by atoms with Crippen LogP contribution >= 0.6 is 7.60 Å². The second-order valence-electron chi connectivity index (χ2n) is 1.20. The third kappa shape index (κ3) is 2.65. The summed E-state index contributed by atoms with van der Waals surface area (Å²) in [6.07, 6.45) is 0.633. The average molecular weight is 152 g/mol. The molecule has 5 heteroatoms. The van der Waals surface area contributed by atoms with E-state index >= 15 is 0 Å². The van der Waals surface area contributed by atoms with Crippen LogP contribution in [0, 0.1) is 0 Å². The Morgan fingerprint density at radius 2 is 1.89 bits per heavy atom. The smallest absolute Gasteiger partial charge is 0.356 e. The van der Waals surface area contributed by atoms with E-state index in [0.29, 0.717) is 6.26 Å². The lowest BCUT2D eigenvalue weighted by atomic mass is 11.2. The highest BCUT2D eigenvalue weighted by Gasteiger charge is 2.14. The average Bonchev–Trinajstić information content (AvgIpc) is 1.89. The second-order valence-corrected chi connectivity index (χ2v) is 3.31. The van der Waals surface area contributed by atoms with Gasteiger partial charge in [0.2, 0.25) is 0 Å². The van der Waals surface area contributed by atoms with Gasteiger partial charge in [0.05, 0.1) is 12.1 Å². The van der Waals surface area contributed by atoms with Crippen molar-refractivity contribution in [3.05, 3.63) is 12.1 Å². The van der Waals surface area contributed by atoms with Crippen molar-refractivity contribution in [3.8, 4) is 0 Å². The maximum Gasteiger partial charge on any atom is 0.356 e. The predicted octanol–water partition coefficient (Wildman–Crippen LogP) is 1.50. The van der Waals surface area contributed by atoms with E-state index < -0.39 is 7.60 Å². The molecule has 0 fully saturated rings. The summed E-state index contributed by atoms with van der Waals surface area (Å²) in [5, 5.41) is 8.15. The zero-order valence-corrected chi connectivity index (χ0v) is 6.17. The molecule has 0 aliphatic rings. The maximum atomic E-state index is 10.9. The Hall–Kier alpha value is -0.310. The molecule has 9 heavy (non-hydrogen) atoms. The van der Waals surface area contributed by atoms with Crippen LogP contribution in [-0.4, -0.2) is 19.3 Å². The lowest BCUT2D eigenvalue weighted by Crippen LogP contribution is -1.82. The summed E-state index contributed by atoms with van der Waals surface area (Å²) in [6, 6.07) is 0. The van der Waals surface area contributed by atoms with E-state index in [1.807, 2.05) is 0 Å². The van der Waals surface area contributed by atoms with E-state index in [9.17, 15) is 4.57 Å². The molecule has 0 aliphatic carbocycles. The fourth-order valence-electron chi connectivity index (χ4n) is 0.278. The SMILES string of the molecule is COP(=O)(C=CO)OC. The molecule has 0 rings (SSSR count). The van der Waals surface area contributed by atoms with E-state index in [2.05, 4.69) is 9.05 Å².